The summed E-state index contributed by atoms with van der Waals surface area (Å²) in [6.07, 6.45) is -13.6. The molecule has 5 aromatic rings. The predicted molar refractivity (Wildman–Crippen MR) is 319 cm³/mol. The largest absolute Gasteiger partial charge is 0.463 e. The van der Waals surface area contributed by atoms with Gasteiger partial charge in [0.1, 0.15) is 54.8 Å². The Hall–Kier alpha value is -8.94. The van der Waals surface area contributed by atoms with Crippen molar-refractivity contribution in [2.45, 2.75) is 152 Å². The second kappa shape index (κ2) is 26.5. The lowest BCUT2D eigenvalue weighted by atomic mass is 9.45. The quantitative estimate of drug-likeness (QED) is 0.0382. The fourth-order valence-corrected chi connectivity index (χ4v) is 13.8. The molecular weight excluding hydrogens is 1180 g/mol. The van der Waals surface area contributed by atoms with E-state index in [9.17, 15) is 58.5 Å². The summed E-state index contributed by atoms with van der Waals surface area (Å²) in [5.41, 5.74) is -7.19. The van der Waals surface area contributed by atoms with Gasteiger partial charge in [0.2, 0.25) is 0 Å². The maximum Gasteiger partial charge on any atom is 0.351 e. The van der Waals surface area contributed by atoms with Crippen LogP contribution in [0.5, 0.6) is 0 Å². The highest BCUT2D eigenvalue weighted by molar-refractivity contribution is 6.03. The number of fused-ring (bicyclic) bond motifs is 5. The van der Waals surface area contributed by atoms with Crippen LogP contribution in [-0.4, -0.2) is 146 Å². The van der Waals surface area contributed by atoms with Crippen LogP contribution in [-0.2, 0) is 61.9 Å². The Morgan fingerprint density at radius 3 is 1.95 bits per heavy atom. The third-order valence-corrected chi connectivity index (χ3v) is 18.4. The van der Waals surface area contributed by atoms with Gasteiger partial charge in [0.05, 0.1) is 43.1 Å². The Bertz CT molecular complexity index is 3660. The summed E-state index contributed by atoms with van der Waals surface area (Å²) < 4.78 is 50.9. The van der Waals surface area contributed by atoms with Crippen molar-refractivity contribution in [3.05, 3.63) is 177 Å². The molecule has 4 fully saturated rings. The Labute approximate surface area is 523 Å². The van der Waals surface area contributed by atoms with Gasteiger partial charge in [-0.25, -0.2) is 14.4 Å². The maximum atomic E-state index is 14.8. The van der Waals surface area contributed by atoms with Crippen molar-refractivity contribution in [3.63, 3.8) is 0 Å². The average Bonchev–Trinajstić information content (AvgIpc) is 0.912. The molecule has 5 N–H and O–H groups in total. The first kappa shape index (κ1) is 65.0. The van der Waals surface area contributed by atoms with E-state index in [1.54, 1.807) is 137 Å². The van der Waals surface area contributed by atoms with E-state index in [4.69, 9.17) is 37.9 Å². The second-order valence-corrected chi connectivity index (χ2v) is 24.4. The van der Waals surface area contributed by atoms with Crippen molar-refractivity contribution < 1.29 is 91.6 Å². The molecule has 91 heavy (non-hydrogen) atoms. The summed E-state index contributed by atoms with van der Waals surface area (Å²) in [6, 6.07) is 32.4. The Morgan fingerprint density at radius 2 is 1.35 bits per heavy atom. The third kappa shape index (κ3) is 13.0. The van der Waals surface area contributed by atoms with Crippen LogP contribution in [0.3, 0.4) is 0 Å². The van der Waals surface area contributed by atoms with Crippen molar-refractivity contribution in [1.29, 1.82) is 0 Å². The highest BCUT2D eigenvalue weighted by atomic mass is 16.6. The van der Waals surface area contributed by atoms with Crippen LogP contribution < -0.4 is 16.3 Å². The molecule has 24 heteroatoms. The number of aromatic nitrogens is 2. The molecule has 0 spiro atoms. The van der Waals surface area contributed by atoms with Gasteiger partial charge >= 0.3 is 41.5 Å². The number of carbonyl (C=O) groups is 8. The molecule has 5 aliphatic rings. The molecule has 480 valence electrons. The van der Waals surface area contributed by atoms with Crippen LogP contribution in [0, 0.1) is 16.7 Å². The molecule has 2 saturated carbocycles. The SMILES string of the molecule is CC(=O)O[C@@H]1C2=C(C)[C@@H](OC(=O)[C@H](O)[C@@H](NC(=O)c3ccccc3)c3ccccc3)C[C@@](O)([C@@H](OC(=O)c3ccccc3)C3[C@@](C)(CC[C@H]4OC[C@@]34OC(C)=O)[C@H]1OC(=O)CCC(=O)OC[C@H]1O[C@@H](n3ccc(NC(=O)c4ccccc4)nc3=O)C[C@@H]1O)C2(C)C. The molecule has 1 unspecified atom stereocenters. The monoisotopic (exact) mass is 1250 g/mol. The first-order valence-corrected chi connectivity index (χ1v) is 30.0. The lowest BCUT2D eigenvalue weighted by Gasteiger charge is -2.68. The van der Waals surface area contributed by atoms with E-state index in [0.717, 1.165) is 11.5 Å². The van der Waals surface area contributed by atoms with Crippen molar-refractivity contribution in [1.82, 2.24) is 14.9 Å². The molecule has 3 aliphatic carbocycles. The van der Waals surface area contributed by atoms with Crippen molar-refractivity contribution in [2.75, 3.05) is 18.5 Å². The van der Waals surface area contributed by atoms with Crippen LogP contribution >= 0.6 is 0 Å². The first-order valence-electron chi connectivity index (χ1n) is 30.0. The fraction of sp³-hybridized carbons (Fsp3) is 0.433. The molecule has 10 rings (SSSR count). The van der Waals surface area contributed by atoms with E-state index in [1.165, 1.54) is 31.3 Å². The number of amides is 2. The number of anilines is 1. The number of aliphatic hydroxyl groups is 3. The number of carbonyl (C=O) groups excluding carboxylic acids is 8. The molecule has 0 radical (unpaired) electrons. The predicted octanol–water partition coefficient (Wildman–Crippen LogP) is 5.59. The van der Waals surface area contributed by atoms with Crippen molar-refractivity contribution in [2.24, 2.45) is 16.7 Å². The molecule has 1 aromatic heterocycles. The van der Waals surface area contributed by atoms with Gasteiger partial charge in [-0.1, -0.05) is 106 Å². The summed E-state index contributed by atoms with van der Waals surface area (Å²) in [7, 11) is 0. The standard InChI is InChI=1S/C67H72N4O20/c1-37-45(88-62(81)54(77)53(40-19-11-7-12-20-40)70-60(79)42-23-15-9-16-24-42)34-67(83)58(90-61(80)43-25-17-10-18-26-43)56-65(6,31-29-47-66(56,36-85-47)91-39(3)73)57(55(86-38(2)72)52(37)64(67,4)5)89-51(76)28-27-50(75)84-35-46-44(74)33-49(87-46)71-32-30-48(69-63(71)82)68-59(78)41-21-13-8-14-22-41/h7-26,30,32,44-47,49,53-58,74,77,83H,27-29,31,33-36H2,1-6H3,(H,70,79)(H,68,69,78,82)/t44-,45-,46+,47+,49+,53-,54+,55+,56?,57-,58-,65+,66-,67+/m0/s1. The van der Waals surface area contributed by atoms with Crippen LogP contribution in [0.1, 0.15) is 129 Å². The van der Waals surface area contributed by atoms with Crippen molar-refractivity contribution >= 4 is 53.4 Å². The Kier molecular flexibility index (Phi) is 18.9. The normalized spacial score (nSPS) is 28.5. The van der Waals surface area contributed by atoms with Crippen LogP contribution in [0.15, 0.2) is 150 Å². The number of hydrogen-bond donors (Lipinski definition) is 5. The molecule has 2 amide bonds. The van der Waals surface area contributed by atoms with Crippen LogP contribution in [0.2, 0.25) is 0 Å². The molecule has 2 bridgehead atoms. The summed E-state index contributed by atoms with van der Waals surface area (Å²) in [5, 5.41) is 42.6. The van der Waals surface area contributed by atoms with E-state index in [0.29, 0.717) is 11.1 Å². The topological polar surface area (TPSA) is 330 Å². The molecule has 3 heterocycles. The van der Waals surface area contributed by atoms with E-state index in [2.05, 4.69) is 15.6 Å². The Morgan fingerprint density at radius 1 is 0.747 bits per heavy atom. The first-order chi connectivity index (χ1) is 43.3. The summed E-state index contributed by atoms with van der Waals surface area (Å²) in [4.78, 5) is 129. The van der Waals surface area contributed by atoms with Gasteiger partial charge in [-0.3, -0.25) is 33.3 Å². The van der Waals surface area contributed by atoms with Gasteiger partial charge in [-0.15, -0.1) is 0 Å². The molecule has 2 saturated heterocycles. The lowest BCUT2D eigenvalue weighted by Crippen LogP contribution is -2.80. The molecule has 2 aliphatic heterocycles. The number of aliphatic hydroxyl groups excluding tert-OH is 2. The molecule has 4 aromatic carbocycles. The number of rotatable bonds is 19. The van der Waals surface area contributed by atoms with Gasteiger partial charge in [-0.2, -0.15) is 4.98 Å². The number of nitrogens with one attached hydrogen (secondary N) is 2. The van der Waals surface area contributed by atoms with Gasteiger partial charge in [-0.05, 0) is 78.9 Å². The van der Waals surface area contributed by atoms with Crippen molar-refractivity contribution in [3.8, 4) is 0 Å². The van der Waals surface area contributed by atoms with Crippen LogP contribution in [0.4, 0.5) is 5.82 Å². The Balaban J connectivity index is 0.964. The van der Waals surface area contributed by atoms with E-state index in [-0.39, 0.29) is 54.0 Å². The highest BCUT2D eigenvalue weighted by Crippen LogP contribution is 2.66. The van der Waals surface area contributed by atoms with Gasteiger partial charge in [0.15, 0.2) is 17.8 Å². The molecule has 24 nitrogen and oxygen atoms in total. The van der Waals surface area contributed by atoms with E-state index in [1.807, 2.05) is 0 Å². The summed E-state index contributed by atoms with van der Waals surface area (Å²) >= 11 is 0. The van der Waals surface area contributed by atoms with E-state index >= 15 is 0 Å². The number of hydrogen-bond acceptors (Lipinski definition) is 21. The molecule has 14 atom stereocenters. The number of esters is 6. The smallest absolute Gasteiger partial charge is 0.351 e. The third-order valence-electron chi connectivity index (χ3n) is 18.4. The zero-order valence-electron chi connectivity index (χ0n) is 50.9. The maximum absolute atomic E-state index is 14.8. The van der Waals surface area contributed by atoms with Gasteiger partial charge in [0.25, 0.3) is 11.8 Å². The van der Waals surface area contributed by atoms with E-state index < -0.39 is 168 Å². The number of benzene rings is 4. The average molecular weight is 1250 g/mol. The van der Waals surface area contributed by atoms with Gasteiger partial charge < -0.3 is 63.8 Å². The summed E-state index contributed by atoms with van der Waals surface area (Å²) in [5.74, 6) is -8.41. The van der Waals surface area contributed by atoms with Gasteiger partial charge in [0, 0.05) is 54.8 Å². The molecular formula is C67H72N4O20. The minimum absolute atomic E-state index is 0.0212. The highest BCUT2D eigenvalue weighted by Gasteiger charge is 2.77. The lowest BCUT2D eigenvalue weighted by molar-refractivity contribution is -0.349. The number of nitrogens with zero attached hydrogens (tertiary/aromatic N) is 2. The van der Waals surface area contributed by atoms with Crippen LogP contribution in [0.25, 0.3) is 0 Å². The number of ether oxygens (including phenoxy) is 8. The zero-order valence-corrected chi connectivity index (χ0v) is 50.9. The fourth-order valence-electron chi connectivity index (χ4n) is 13.8. The summed E-state index contributed by atoms with van der Waals surface area (Å²) in [6.45, 7) is 7.85. The minimum Gasteiger partial charge on any atom is -0.463 e. The second-order valence-electron chi connectivity index (χ2n) is 24.4. The minimum atomic E-state index is -2.42. The zero-order chi connectivity index (χ0) is 65.2.